The van der Waals surface area contributed by atoms with Gasteiger partial charge in [0.25, 0.3) is 11.8 Å². The van der Waals surface area contributed by atoms with E-state index in [0.717, 1.165) is 25.0 Å². The maximum absolute atomic E-state index is 12.3. The molecule has 0 spiro atoms. The molecule has 2 aromatic rings. The number of thiazole rings is 1. The molecule has 1 aliphatic rings. The molecule has 1 aliphatic heterocycles. The van der Waals surface area contributed by atoms with Crippen LogP contribution in [-0.2, 0) is 6.42 Å². The van der Waals surface area contributed by atoms with E-state index >= 15 is 0 Å². The number of aryl methyl sites for hydroxylation is 1. The molecule has 2 amide bonds. The number of anilines is 1. The third-order valence-electron chi connectivity index (χ3n) is 3.97. The lowest BCUT2D eigenvalue weighted by Crippen LogP contribution is -2.30. The molecule has 3 N–H and O–H groups in total. The number of guanidine groups is 1. The number of nitrogens with two attached hydrogens (primary N) is 1. The molecule has 7 nitrogen and oxygen atoms in total. The summed E-state index contributed by atoms with van der Waals surface area (Å²) >= 11 is 1.47. The lowest BCUT2D eigenvalue weighted by atomic mass is 10.1. The molecule has 0 fully saturated rings. The molecular formula is C17H19N5O2S. The smallest absolute Gasteiger partial charge is 0.261 e. The van der Waals surface area contributed by atoms with Gasteiger partial charge in [-0.3, -0.25) is 19.5 Å². The monoisotopic (exact) mass is 357 g/mol. The molecule has 0 saturated carbocycles. The summed E-state index contributed by atoms with van der Waals surface area (Å²) in [4.78, 5) is 34.1. The molecule has 8 heteroatoms. The second-order valence-corrected chi connectivity index (χ2v) is 6.50. The molecule has 0 bridgehead atoms. The molecule has 130 valence electrons. The third-order valence-corrected chi connectivity index (χ3v) is 4.78. The molecule has 1 aromatic carbocycles. The van der Waals surface area contributed by atoms with Crippen molar-refractivity contribution in [3.8, 4) is 0 Å². The highest BCUT2D eigenvalue weighted by atomic mass is 32.1. The van der Waals surface area contributed by atoms with Crippen molar-refractivity contribution in [2.45, 2.75) is 19.3 Å². The molecule has 0 atom stereocenters. The summed E-state index contributed by atoms with van der Waals surface area (Å²) in [5.41, 5.74) is 7.56. The van der Waals surface area contributed by atoms with Crippen LogP contribution in [-0.4, -0.2) is 41.3 Å². The highest BCUT2D eigenvalue weighted by molar-refractivity contribution is 7.13. The van der Waals surface area contributed by atoms with E-state index < -0.39 is 0 Å². The van der Waals surface area contributed by atoms with Crippen molar-refractivity contribution in [1.82, 2.24) is 9.88 Å². The number of hydrogen-bond donors (Lipinski definition) is 2. The number of unbranched alkanes of at least 4 members (excludes halogenated alkanes) is 1. The SMILES string of the molecule is CN=C(N)Nc1nc(CCCCN2C(=O)c3ccccc3C2=O)cs1. The van der Waals surface area contributed by atoms with E-state index in [2.05, 4.69) is 15.3 Å². The van der Waals surface area contributed by atoms with Crippen LogP contribution in [0.25, 0.3) is 0 Å². The number of aliphatic imine (C=N–C) groups is 1. The minimum Gasteiger partial charge on any atom is -0.370 e. The molecule has 3 rings (SSSR count). The maximum Gasteiger partial charge on any atom is 0.261 e. The van der Waals surface area contributed by atoms with Crippen LogP contribution in [0.3, 0.4) is 0 Å². The Morgan fingerprint density at radius 2 is 1.92 bits per heavy atom. The first-order chi connectivity index (χ1) is 12.1. The van der Waals surface area contributed by atoms with E-state index in [1.807, 2.05) is 5.38 Å². The Hall–Kier alpha value is -2.74. The molecule has 0 saturated heterocycles. The normalized spacial score (nSPS) is 14.1. The van der Waals surface area contributed by atoms with Gasteiger partial charge in [0.15, 0.2) is 11.1 Å². The predicted octanol–water partition coefficient (Wildman–Crippen LogP) is 2.12. The van der Waals surface area contributed by atoms with Crippen molar-refractivity contribution in [3.05, 3.63) is 46.5 Å². The van der Waals surface area contributed by atoms with Crippen molar-refractivity contribution in [2.24, 2.45) is 10.7 Å². The Kier molecular flexibility index (Phi) is 5.08. The van der Waals surface area contributed by atoms with Gasteiger partial charge in [-0.1, -0.05) is 12.1 Å². The number of carbonyl (C=O) groups excluding carboxylic acids is 2. The number of imide groups is 1. The van der Waals surface area contributed by atoms with Crippen LogP contribution >= 0.6 is 11.3 Å². The van der Waals surface area contributed by atoms with Gasteiger partial charge >= 0.3 is 0 Å². The fraction of sp³-hybridized carbons (Fsp3) is 0.294. The van der Waals surface area contributed by atoms with Crippen molar-refractivity contribution < 1.29 is 9.59 Å². The summed E-state index contributed by atoms with van der Waals surface area (Å²) in [6.45, 7) is 0.428. The van der Waals surface area contributed by atoms with Gasteiger partial charge in [-0.2, -0.15) is 0 Å². The Balaban J connectivity index is 1.48. The number of nitrogens with zero attached hydrogens (tertiary/aromatic N) is 3. The number of amides is 2. The zero-order valence-corrected chi connectivity index (χ0v) is 14.7. The van der Waals surface area contributed by atoms with Crippen LogP contribution in [0.2, 0.25) is 0 Å². The third kappa shape index (κ3) is 3.69. The van der Waals surface area contributed by atoms with Gasteiger partial charge in [0, 0.05) is 19.0 Å². The second-order valence-electron chi connectivity index (χ2n) is 5.64. The number of benzene rings is 1. The first kappa shape index (κ1) is 17.1. The number of hydrogen-bond acceptors (Lipinski definition) is 5. The van der Waals surface area contributed by atoms with Gasteiger partial charge in [-0.25, -0.2) is 4.98 Å². The molecular weight excluding hydrogens is 338 g/mol. The van der Waals surface area contributed by atoms with Gasteiger partial charge in [-0.15, -0.1) is 11.3 Å². The molecule has 1 aromatic heterocycles. The summed E-state index contributed by atoms with van der Waals surface area (Å²) in [7, 11) is 1.61. The first-order valence-corrected chi connectivity index (χ1v) is 8.87. The minimum absolute atomic E-state index is 0.199. The Morgan fingerprint density at radius 3 is 2.56 bits per heavy atom. The topological polar surface area (TPSA) is 101 Å². The summed E-state index contributed by atoms with van der Waals surface area (Å²) < 4.78 is 0. The maximum atomic E-state index is 12.3. The molecule has 0 radical (unpaired) electrons. The standard InChI is InChI=1S/C17H19N5O2S/c1-19-16(18)21-17-20-11(10-25-17)6-4-5-9-22-14(23)12-7-2-3-8-13(12)15(22)24/h2-3,7-8,10H,4-6,9H2,1H3,(H3,18,19,20,21). The fourth-order valence-electron chi connectivity index (χ4n) is 2.66. The number of rotatable bonds is 6. The van der Waals surface area contributed by atoms with Gasteiger partial charge < -0.3 is 11.1 Å². The molecule has 0 unspecified atom stereocenters. The van der Waals surface area contributed by atoms with Crippen molar-refractivity contribution in [1.29, 1.82) is 0 Å². The first-order valence-electron chi connectivity index (χ1n) is 7.99. The predicted molar refractivity (Wildman–Crippen MR) is 98.0 cm³/mol. The summed E-state index contributed by atoms with van der Waals surface area (Å²) in [5.74, 6) is -0.0725. The summed E-state index contributed by atoms with van der Waals surface area (Å²) in [6.07, 6.45) is 2.36. The van der Waals surface area contributed by atoms with Crippen LogP contribution in [0.15, 0.2) is 34.6 Å². The average Bonchev–Trinajstić information content (AvgIpc) is 3.16. The van der Waals surface area contributed by atoms with Gasteiger partial charge in [-0.05, 0) is 31.4 Å². The van der Waals surface area contributed by atoms with Crippen molar-refractivity contribution in [2.75, 3.05) is 18.9 Å². The largest absolute Gasteiger partial charge is 0.370 e. The van der Waals surface area contributed by atoms with E-state index in [1.165, 1.54) is 16.2 Å². The number of nitrogens with one attached hydrogen (secondary N) is 1. The van der Waals surface area contributed by atoms with E-state index in [0.29, 0.717) is 28.8 Å². The van der Waals surface area contributed by atoms with E-state index in [9.17, 15) is 9.59 Å². The van der Waals surface area contributed by atoms with Crippen LogP contribution in [0.4, 0.5) is 5.13 Å². The van der Waals surface area contributed by atoms with Crippen LogP contribution in [0.1, 0.15) is 39.3 Å². The van der Waals surface area contributed by atoms with Crippen LogP contribution in [0.5, 0.6) is 0 Å². The lowest BCUT2D eigenvalue weighted by Gasteiger charge is -2.13. The highest BCUT2D eigenvalue weighted by Gasteiger charge is 2.34. The average molecular weight is 357 g/mol. The van der Waals surface area contributed by atoms with Crippen LogP contribution < -0.4 is 11.1 Å². The highest BCUT2D eigenvalue weighted by Crippen LogP contribution is 2.23. The Bertz CT molecular complexity index is 795. The van der Waals surface area contributed by atoms with E-state index in [-0.39, 0.29) is 11.8 Å². The molecule has 0 aliphatic carbocycles. The number of aromatic nitrogens is 1. The van der Waals surface area contributed by atoms with Crippen LogP contribution in [0, 0.1) is 0 Å². The van der Waals surface area contributed by atoms with E-state index in [4.69, 9.17) is 5.73 Å². The number of fused-ring (bicyclic) bond motifs is 1. The lowest BCUT2D eigenvalue weighted by molar-refractivity contribution is 0.0652. The van der Waals surface area contributed by atoms with Gasteiger partial charge in [0.1, 0.15) is 0 Å². The molecule has 25 heavy (non-hydrogen) atoms. The Morgan fingerprint density at radius 1 is 1.24 bits per heavy atom. The second kappa shape index (κ2) is 7.43. The molecule has 2 heterocycles. The minimum atomic E-state index is -0.199. The van der Waals surface area contributed by atoms with Crippen molar-refractivity contribution in [3.63, 3.8) is 0 Å². The zero-order valence-electron chi connectivity index (χ0n) is 13.9. The Labute approximate surface area is 149 Å². The fourth-order valence-corrected chi connectivity index (χ4v) is 3.41. The zero-order chi connectivity index (χ0) is 17.8. The summed E-state index contributed by atoms with van der Waals surface area (Å²) in [6, 6.07) is 6.95. The van der Waals surface area contributed by atoms with Gasteiger partial charge in [0.2, 0.25) is 0 Å². The van der Waals surface area contributed by atoms with Crippen molar-refractivity contribution >= 4 is 34.2 Å². The quantitative estimate of drug-likeness (QED) is 0.357. The van der Waals surface area contributed by atoms with E-state index in [1.54, 1.807) is 31.3 Å². The van der Waals surface area contributed by atoms with Gasteiger partial charge in [0.05, 0.1) is 16.8 Å². The number of carbonyl (C=O) groups is 2. The summed E-state index contributed by atoms with van der Waals surface area (Å²) in [5, 5.41) is 5.58.